The Hall–Kier alpha value is -2.45. The summed E-state index contributed by atoms with van der Waals surface area (Å²) in [6, 6.07) is 0.293. The molecule has 3 rings (SSSR count). The Morgan fingerprint density at radius 2 is 2.29 bits per heavy atom. The van der Waals surface area contributed by atoms with Gasteiger partial charge in [-0.25, -0.2) is 19.6 Å². The zero-order valence-corrected chi connectivity index (χ0v) is 14.5. The van der Waals surface area contributed by atoms with Gasteiger partial charge in [0.2, 0.25) is 0 Å². The van der Waals surface area contributed by atoms with Gasteiger partial charge < -0.3 is 10.6 Å². The number of guanidine groups is 1. The van der Waals surface area contributed by atoms with Crippen LogP contribution in [0.5, 0.6) is 0 Å². The van der Waals surface area contributed by atoms with E-state index in [1.165, 1.54) is 0 Å². The van der Waals surface area contributed by atoms with Crippen molar-refractivity contribution in [3.63, 3.8) is 0 Å². The van der Waals surface area contributed by atoms with E-state index in [-0.39, 0.29) is 0 Å². The van der Waals surface area contributed by atoms with Crippen LogP contribution in [-0.2, 0) is 33.0 Å². The second kappa shape index (κ2) is 7.41. The fraction of sp³-hybridized carbons (Fsp3) is 0.667. The Labute approximate surface area is 141 Å². The Kier molecular flexibility index (Phi) is 5.07. The quantitative estimate of drug-likeness (QED) is 0.593. The SMILES string of the molecule is CCNC(=NCc1ncnn1C)NC1CCc2nc(CC)nn2C1. The first kappa shape index (κ1) is 16.4. The van der Waals surface area contributed by atoms with Gasteiger partial charge in [-0.1, -0.05) is 6.92 Å². The van der Waals surface area contributed by atoms with Gasteiger partial charge in [0.05, 0.1) is 6.54 Å². The van der Waals surface area contributed by atoms with Crippen molar-refractivity contribution >= 4 is 5.96 Å². The zero-order valence-electron chi connectivity index (χ0n) is 14.5. The second-order valence-electron chi connectivity index (χ2n) is 5.85. The smallest absolute Gasteiger partial charge is 0.191 e. The van der Waals surface area contributed by atoms with E-state index in [1.54, 1.807) is 11.0 Å². The number of aliphatic imine (C=N–C) groups is 1. The van der Waals surface area contributed by atoms with Crippen molar-refractivity contribution in [2.45, 2.75) is 52.2 Å². The maximum absolute atomic E-state index is 4.61. The summed E-state index contributed by atoms with van der Waals surface area (Å²) in [7, 11) is 1.87. The Morgan fingerprint density at radius 1 is 1.42 bits per heavy atom. The van der Waals surface area contributed by atoms with Crippen molar-refractivity contribution in [2.75, 3.05) is 6.54 Å². The number of nitrogens with one attached hydrogen (secondary N) is 2. The van der Waals surface area contributed by atoms with Crippen LogP contribution in [-0.4, -0.2) is 48.1 Å². The lowest BCUT2D eigenvalue weighted by Crippen LogP contribution is -2.47. The summed E-state index contributed by atoms with van der Waals surface area (Å²) in [5, 5.41) is 15.4. The van der Waals surface area contributed by atoms with E-state index in [4.69, 9.17) is 0 Å². The molecule has 2 aromatic rings. The van der Waals surface area contributed by atoms with Gasteiger partial charge in [-0.3, -0.25) is 4.68 Å². The summed E-state index contributed by atoms with van der Waals surface area (Å²) >= 11 is 0. The molecule has 0 radical (unpaired) electrons. The van der Waals surface area contributed by atoms with Crippen molar-refractivity contribution in [1.29, 1.82) is 0 Å². The van der Waals surface area contributed by atoms with Gasteiger partial charge in [-0.15, -0.1) is 0 Å². The molecule has 0 amide bonds. The van der Waals surface area contributed by atoms with Crippen LogP contribution in [0, 0.1) is 0 Å². The number of nitrogens with zero attached hydrogens (tertiary/aromatic N) is 7. The van der Waals surface area contributed by atoms with Crippen molar-refractivity contribution in [2.24, 2.45) is 12.0 Å². The highest BCUT2D eigenvalue weighted by molar-refractivity contribution is 5.80. The lowest BCUT2D eigenvalue weighted by molar-refractivity contribution is 0.392. The maximum atomic E-state index is 4.61. The number of fused-ring (bicyclic) bond motifs is 1. The third-order valence-electron chi connectivity index (χ3n) is 4.09. The van der Waals surface area contributed by atoms with E-state index < -0.39 is 0 Å². The summed E-state index contributed by atoms with van der Waals surface area (Å²) in [6.45, 7) is 6.26. The van der Waals surface area contributed by atoms with Gasteiger partial charge in [-0.2, -0.15) is 10.2 Å². The molecule has 9 heteroatoms. The minimum atomic E-state index is 0.293. The molecule has 0 saturated carbocycles. The molecule has 0 aromatic carbocycles. The zero-order chi connectivity index (χ0) is 16.9. The number of rotatable bonds is 5. The molecule has 1 atom stereocenters. The van der Waals surface area contributed by atoms with E-state index in [1.807, 2.05) is 11.7 Å². The van der Waals surface area contributed by atoms with E-state index in [2.05, 4.69) is 49.6 Å². The van der Waals surface area contributed by atoms with Crippen LogP contribution in [0.1, 0.15) is 37.7 Å². The molecule has 2 N–H and O–H groups in total. The Bertz CT molecular complexity index is 700. The van der Waals surface area contributed by atoms with Crippen LogP contribution >= 0.6 is 0 Å². The average Bonchev–Trinajstić information content (AvgIpc) is 3.18. The predicted molar refractivity (Wildman–Crippen MR) is 90.5 cm³/mol. The van der Waals surface area contributed by atoms with Gasteiger partial charge in [0.15, 0.2) is 11.8 Å². The molecule has 24 heavy (non-hydrogen) atoms. The minimum absolute atomic E-state index is 0.293. The summed E-state index contributed by atoms with van der Waals surface area (Å²) in [5.41, 5.74) is 0. The molecule has 0 bridgehead atoms. The van der Waals surface area contributed by atoms with Gasteiger partial charge in [0.1, 0.15) is 24.5 Å². The predicted octanol–water partition coefficient (Wildman–Crippen LogP) is 0.0391. The molecule has 0 fully saturated rings. The first-order chi connectivity index (χ1) is 11.7. The van der Waals surface area contributed by atoms with Gasteiger partial charge >= 0.3 is 0 Å². The molecule has 0 saturated heterocycles. The standard InChI is InChI=1S/C15H25N9/c1-4-12-21-13-7-6-11(9-24(13)22-12)20-15(16-5-2)17-8-14-18-10-19-23(14)3/h10-11H,4-9H2,1-3H3,(H2,16,17,20). The van der Waals surface area contributed by atoms with E-state index >= 15 is 0 Å². The third-order valence-corrected chi connectivity index (χ3v) is 4.09. The lowest BCUT2D eigenvalue weighted by Gasteiger charge is -2.25. The van der Waals surface area contributed by atoms with Crippen LogP contribution in [0.4, 0.5) is 0 Å². The topological polar surface area (TPSA) is 97.8 Å². The Balaban J connectivity index is 1.64. The molecule has 2 aromatic heterocycles. The van der Waals surface area contributed by atoms with Gasteiger partial charge in [0.25, 0.3) is 0 Å². The summed E-state index contributed by atoms with van der Waals surface area (Å²) in [5.74, 6) is 3.64. The number of hydrogen-bond acceptors (Lipinski definition) is 5. The van der Waals surface area contributed by atoms with E-state index in [0.717, 1.165) is 55.8 Å². The number of aryl methyl sites for hydroxylation is 3. The van der Waals surface area contributed by atoms with Crippen LogP contribution in [0.15, 0.2) is 11.3 Å². The summed E-state index contributed by atoms with van der Waals surface area (Å²) in [6.07, 6.45) is 4.38. The minimum Gasteiger partial charge on any atom is -0.357 e. The van der Waals surface area contributed by atoms with Gasteiger partial charge in [-0.05, 0) is 13.3 Å². The first-order valence-electron chi connectivity index (χ1n) is 8.49. The molecule has 130 valence electrons. The highest BCUT2D eigenvalue weighted by Gasteiger charge is 2.22. The monoisotopic (exact) mass is 331 g/mol. The number of hydrogen-bond donors (Lipinski definition) is 2. The molecule has 0 aliphatic carbocycles. The molecule has 0 spiro atoms. The maximum Gasteiger partial charge on any atom is 0.191 e. The molecule has 1 aliphatic heterocycles. The van der Waals surface area contributed by atoms with Gasteiger partial charge in [0, 0.05) is 32.5 Å². The van der Waals surface area contributed by atoms with E-state index in [9.17, 15) is 0 Å². The molecule has 1 aliphatic rings. The second-order valence-corrected chi connectivity index (χ2v) is 5.85. The molecule has 3 heterocycles. The van der Waals surface area contributed by atoms with Crippen molar-refractivity contribution < 1.29 is 0 Å². The van der Waals surface area contributed by atoms with Crippen molar-refractivity contribution in [1.82, 2.24) is 40.2 Å². The Morgan fingerprint density at radius 3 is 3.00 bits per heavy atom. The van der Waals surface area contributed by atoms with Crippen LogP contribution in [0.2, 0.25) is 0 Å². The highest BCUT2D eigenvalue weighted by atomic mass is 15.4. The van der Waals surface area contributed by atoms with Crippen LogP contribution in [0.25, 0.3) is 0 Å². The normalized spacial score (nSPS) is 17.6. The number of aromatic nitrogens is 6. The van der Waals surface area contributed by atoms with Crippen molar-refractivity contribution in [3.8, 4) is 0 Å². The molecule has 1 unspecified atom stereocenters. The third kappa shape index (κ3) is 3.72. The van der Waals surface area contributed by atoms with Crippen molar-refractivity contribution in [3.05, 3.63) is 23.8 Å². The molecular weight excluding hydrogens is 306 g/mol. The summed E-state index contributed by atoms with van der Waals surface area (Å²) < 4.78 is 3.76. The fourth-order valence-corrected chi connectivity index (χ4v) is 2.75. The summed E-state index contributed by atoms with van der Waals surface area (Å²) in [4.78, 5) is 13.4. The lowest BCUT2D eigenvalue weighted by atomic mass is 10.1. The average molecular weight is 331 g/mol. The van der Waals surface area contributed by atoms with E-state index in [0.29, 0.717) is 12.6 Å². The highest BCUT2D eigenvalue weighted by Crippen LogP contribution is 2.13. The largest absolute Gasteiger partial charge is 0.357 e. The fourth-order valence-electron chi connectivity index (χ4n) is 2.75. The molecular formula is C15H25N9. The molecule has 9 nitrogen and oxygen atoms in total. The van der Waals surface area contributed by atoms with Crippen LogP contribution in [0.3, 0.4) is 0 Å². The first-order valence-corrected chi connectivity index (χ1v) is 8.49. The van der Waals surface area contributed by atoms with Crippen LogP contribution < -0.4 is 10.6 Å².